The van der Waals surface area contributed by atoms with E-state index in [9.17, 15) is 4.79 Å². The van der Waals surface area contributed by atoms with Gasteiger partial charge < -0.3 is 10.0 Å². The van der Waals surface area contributed by atoms with Crippen molar-refractivity contribution in [3.63, 3.8) is 0 Å². The molecule has 1 aliphatic heterocycles. The summed E-state index contributed by atoms with van der Waals surface area (Å²) < 4.78 is 0. The van der Waals surface area contributed by atoms with Gasteiger partial charge in [-0.3, -0.25) is 4.79 Å². The van der Waals surface area contributed by atoms with Crippen molar-refractivity contribution >= 4 is 5.91 Å². The quantitative estimate of drug-likeness (QED) is 0.863. The van der Waals surface area contributed by atoms with Crippen molar-refractivity contribution < 1.29 is 9.90 Å². The lowest BCUT2D eigenvalue weighted by Gasteiger charge is -2.20. The Bertz CT molecular complexity index is 390. The number of nitrogens with zero attached hydrogens (tertiary/aromatic N) is 1. The first kappa shape index (κ1) is 12.1. The fraction of sp³-hybridized carbons (Fsp3) is 0.500. The Balaban J connectivity index is 2.05. The van der Waals surface area contributed by atoms with E-state index in [2.05, 4.69) is 18.2 Å². The molecular formula is C14H19NO2. The van der Waals surface area contributed by atoms with E-state index in [-0.39, 0.29) is 12.5 Å². The average molecular weight is 233 g/mol. The maximum Gasteiger partial charge on any atom is 0.222 e. The molecule has 0 radical (unpaired) electrons. The minimum atomic E-state index is 0.0934. The molecule has 2 rings (SSSR count). The molecule has 0 saturated carbocycles. The van der Waals surface area contributed by atoms with Crippen LogP contribution in [0, 0.1) is 0 Å². The summed E-state index contributed by atoms with van der Waals surface area (Å²) in [5, 5.41) is 8.76. The Morgan fingerprint density at radius 2 is 2.06 bits per heavy atom. The van der Waals surface area contributed by atoms with Gasteiger partial charge in [0.25, 0.3) is 0 Å². The number of fused-ring (bicyclic) bond motifs is 1. The van der Waals surface area contributed by atoms with Crippen LogP contribution in [0.4, 0.5) is 0 Å². The first-order valence-electron chi connectivity index (χ1n) is 6.26. The number of aliphatic hydroxyl groups excluding tert-OH is 1. The van der Waals surface area contributed by atoms with E-state index in [4.69, 9.17) is 5.11 Å². The Morgan fingerprint density at radius 3 is 2.82 bits per heavy atom. The lowest BCUT2D eigenvalue weighted by atomic mass is 10.0. The van der Waals surface area contributed by atoms with Gasteiger partial charge in [-0.05, 0) is 30.4 Å². The number of aliphatic hydroxyl groups is 1. The third-order valence-electron chi connectivity index (χ3n) is 3.26. The summed E-state index contributed by atoms with van der Waals surface area (Å²) in [6.07, 6.45) is 3.11. The fourth-order valence-electron chi connectivity index (χ4n) is 2.30. The molecule has 0 saturated heterocycles. The van der Waals surface area contributed by atoms with E-state index >= 15 is 0 Å². The summed E-state index contributed by atoms with van der Waals surface area (Å²) in [4.78, 5) is 13.9. The van der Waals surface area contributed by atoms with Gasteiger partial charge in [-0.15, -0.1) is 0 Å². The highest BCUT2D eigenvalue weighted by atomic mass is 16.3. The lowest BCUT2D eigenvalue weighted by Crippen LogP contribution is -2.30. The van der Waals surface area contributed by atoms with Crippen LogP contribution in [0.2, 0.25) is 0 Å². The van der Waals surface area contributed by atoms with Crippen molar-refractivity contribution in [1.82, 2.24) is 4.90 Å². The van der Waals surface area contributed by atoms with E-state index < -0.39 is 0 Å². The normalized spacial score (nSPS) is 15.2. The van der Waals surface area contributed by atoms with Crippen molar-refractivity contribution in [2.75, 3.05) is 13.2 Å². The standard InChI is InChI=1S/C14H19NO2/c16-10-4-8-14(17)15-9-3-7-12-5-1-2-6-13(12)11-15/h1-2,5-6,16H,3-4,7-11H2. The second-order valence-corrected chi connectivity index (χ2v) is 4.51. The van der Waals surface area contributed by atoms with Crippen LogP contribution >= 0.6 is 0 Å². The number of carbonyl (C=O) groups excluding carboxylic acids is 1. The van der Waals surface area contributed by atoms with Crippen molar-refractivity contribution in [3.05, 3.63) is 35.4 Å². The molecule has 0 spiro atoms. The molecule has 0 aromatic heterocycles. The lowest BCUT2D eigenvalue weighted by molar-refractivity contribution is -0.132. The van der Waals surface area contributed by atoms with Crippen LogP contribution in [0.3, 0.4) is 0 Å². The molecule has 1 amide bonds. The molecule has 3 nitrogen and oxygen atoms in total. The van der Waals surface area contributed by atoms with Crippen LogP contribution in [-0.4, -0.2) is 29.1 Å². The summed E-state index contributed by atoms with van der Waals surface area (Å²) in [6.45, 7) is 1.65. The molecule has 1 aromatic rings. The van der Waals surface area contributed by atoms with E-state index in [1.54, 1.807) is 0 Å². The number of aryl methyl sites for hydroxylation is 1. The minimum absolute atomic E-state index is 0.0934. The molecule has 0 atom stereocenters. The zero-order valence-electron chi connectivity index (χ0n) is 10.1. The molecule has 0 aliphatic carbocycles. The Hall–Kier alpha value is -1.35. The predicted octanol–water partition coefficient (Wildman–Crippen LogP) is 1.73. The van der Waals surface area contributed by atoms with E-state index in [1.807, 2.05) is 11.0 Å². The topological polar surface area (TPSA) is 40.5 Å². The number of rotatable bonds is 3. The average Bonchev–Trinajstić information content (AvgIpc) is 2.58. The summed E-state index contributed by atoms with van der Waals surface area (Å²) in [5.41, 5.74) is 2.63. The maximum atomic E-state index is 11.9. The Kier molecular flexibility index (Phi) is 4.15. The highest BCUT2D eigenvalue weighted by Crippen LogP contribution is 2.19. The molecular weight excluding hydrogens is 214 g/mol. The molecule has 17 heavy (non-hydrogen) atoms. The zero-order valence-corrected chi connectivity index (χ0v) is 10.1. The highest BCUT2D eigenvalue weighted by molar-refractivity contribution is 5.76. The number of hydrogen-bond donors (Lipinski definition) is 1. The van der Waals surface area contributed by atoms with Gasteiger partial charge in [0.05, 0.1) is 0 Å². The van der Waals surface area contributed by atoms with Crippen LogP contribution in [0.1, 0.15) is 30.4 Å². The molecule has 92 valence electrons. The van der Waals surface area contributed by atoms with Crippen LogP contribution in [0.5, 0.6) is 0 Å². The third kappa shape index (κ3) is 3.07. The largest absolute Gasteiger partial charge is 0.396 e. The second kappa shape index (κ2) is 5.82. The SMILES string of the molecule is O=C(CCCO)N1CCCc2ccccc2C1. The first-order chi connectivity index (χ1) is 8.31. The molecule has 0 unspecified atom stereocenters. The van der Waals surface area contributed by atoms with Gasteiger partial charge in [-0.25, -0.2) is 0 Å². The van der Waals surface area contributed by atoms with Crippen LogP contribution in [0.15, 0.2) is 24.3 Å². The van der Waals surface area contributed by atoms with Crippen molar-refractivity contribution in [2.24, 2.45) is 0 Å². The van der Waals surface area contributed by atoms with E-state index in [0.29, 0.717) is 12.8 Å². The molecule has 1 N–H and O–H groups in total. The van der Waals surface area contributed by atoms with Crippen molar-refractivity contribution in [3.8, 4) is 0 Å². The van der Waals surface area contributed by atoms with Gasteiger partial charge >= 0.3 is 0 Å². The maximum absolute atomic E-state index is 11.9. The van der Waals surface area contributed by atoms with Gasteiger partial charge in [0.2, 0.25) is 5.91 Å². The van der Waals surface area contributed by atoms with Crippen molar-refractivity contribution in [2.45, 2.75) is 32.2 Å². The fourth-order valence-corrected chi connectivity index (χ4v) is 2.30. The highest BCUT2D eigenvalue weighted by Gasteiger charge is 2.17. The van der Waals surface area contributed by atoms with Gasteiger partial charge in [0, 0.05) is 26.1 Å². The number of hydrogen-bond acceptors (Lipinski definition) is 2. The summed E-state index contributed by atoms with van der Waals surface area (Å²) in [5.74, 6) is 0.163. The molecule has 1 heterocycles. The van der Waals surface area contributed by atoms with Crippen LogP contribution in [-0.2, 0) is 17.8 Å². The smallest absolute Gasteiger partial charge is 0.222 e. The van der Waals surface area contributed by atoms with Crippen LogP contribution < -0.4 is 0 Å². The Morgan fingerprint density at radius 1 is 1.29 bits per heavy atom. The van der Waals surface area contributed by atoms with E-state index in [0.717, 1.165) is 25.9 Å². The summed E-state index contributed by atoms with van der Waals surface area (Å²) in [7, 11) is 0. The number of amides is 1. The molecule has 0 bridgehead atoms. The van der Waals surface area contributed by atoms with Crippen LogP contribution in [0.25, 0.3) is 0 Å². The van der Waals surface area contributed by atoms with Gasteiger partial charge in [0.15, 0.2) is 0 Å². The minimum Gasteiger partial charge on any atom is -0.396 e. The molecule has 1 aliphatic rings. The number of carbonyl (C=O) groups is 1. The molecule has 3 heteroatoms. The van der Waals surface area contributed by atoms with Gasteiger partial charge in [0.1, 0.15) is 0 Å². The van der Waals surface area contributed by atoms with Crippen molar-refractivity contribution in [1.29, 1.82) is 0 Å². The first-order valence-corrected chi connectivity index (χ1v) is 6.26. The zero-order chi connectivity index (χ0) is 12.1. The number of benzene rings is 1. The Labute approximate surface area is 102 Å². The third-order valence-corrected chi connectivity index (χ3v) is 3.26. The summed E-state index contributed by atoms with van der Waals surface area (Å²) >= 11 is 0. The molecule has 0 fully saturated rings. The molecule has 1 aromatic carbocycles. The monoisotopic (exact) mass is 233 g/mol. The summed E-state index contributed by atoms with van der Waals surface area (Å²) in [6, 6.07) is 8.34. The van der Waals surface area contributed by atoms with Gasteiger partial charge in [-0.2, -0.15) is 0 Å². The van der Waals surface area contributed by atoms with Gasteiger partial charge in [-0.1, -0.05) is 24.3 Å². The predicted molar refractivity (Wildman–Crippen MR) is 66.5 cm³/mol. The van der Waals surface area contributed by atoms with E-state index in [1.165, 1.54) is 11.1 Å². The second-order valence-electron chi connectivity index (χ2n) is 4.51.